The average Bonchev–Trinajstić information content (AvgIpc) is 2.32. The van der Waals surface area contributed by atoms with Crippen LogP contribution in [0.5, 0.6) is 0 Å². The van der Waals surface area contributed by atoms with Gasteiger partial charge in [-0.3, -0.25) is 4.79 Å². The van der Waals surface area contributed by atoms with Crippen LogP contribution in [0.4, 0.5) is 10.2 Å². The molecular weight excluding hydrogens is 225 g/mol. The number of ether oxygens (including phenoxy) is 1. The van der Waals surface area contributed by atoms with Crippen molar-refractivity contribution >= 4 is 11.7 Å². The second-order valence-electron chi connectivity index (χ2n) is 3.63. The predicted molar refractivity (Wildman–Crippen MR) is 62.1 cm³/mol. The minimum atomic E-state index is -0.768. The zero-order valence-corrected chi connectivity index (χ0v) is 9.94. The number of hydrogen-bond donors (Lipinski definition) is 1. The van der Waals surface area contributed by atoms with Crippen molar-refractivity contribution in [3.05, 3.63) is 23.6 Å². The monoisotopic (exact) mass is 241 g/mol. The van der Waals surface area contributed by atoms with E-state index >= 15 is 0 Å². The Hall–Kier alpha value is -1.69. The summed E-state index contributed by atoms with van der Waals surface area (Å²) < 4.78 is 18.4. The zero-order chi connectivity index (χ0) is 12.8. The van der Waals surface area contributed by atoms with E-state index < -0.39 is 11.7 Å². The molecule has 0 bridgehead atoms. The molecule has 0 unspecified atom stereocenters. The van der Waals surface area contributed by atoms with Crippen molar-refractivity contribution in [3.63, 3.8) is 0 Å². The van der Waals surface area contributed by atoms with Crippen LogP contribution in [-0.2, 0) is 4.74 Å². The van der Waals surface area contributed by atoms with Gasteiger partial charge in [0.05, 0.1) is 5.56 Å². The number of nitrogens with two attached hydrogens (primary N) is 1. The van der Waals surface area contributed by atoms with Crippen molar-refractivity contribution in [1.29, 1.82) is 0 Å². The summed E-state index contributed by atoms with van der Waals surface area (Å²) >= 11 is 0. The molecule has 17 heavy (non-hydrogen) atoms. The highest BCUT2D eigenvalue weighted by Gasteiger charge is 2.17. The Kier molecular flexibility index (Phi) is 4.84. The fraction of sp³-hybridized carbons (Fsp3) is 0.455. The molecule has 1 amide bonds. The summed E-state index contributed by atoms with van der Waals surface area (Å²) in [7, 11) is 3.19. The molecule has 0 radical (unpaired) electrons. The standard InChI is InChI=1S/C11H16FN3O2/c1-15(6-3-7-17-2)11(16)8-4-5-14-10(13)9(8)12/h4-5H,3,6-7H2,1-2H3,(H2,13,14). The van der Waals surface area contributed by atoms with Crippen LogP contribution >= 0.6 is 0 Å². The minimum Gasteiger partial charge on any atom is -0.385 e. The van der Waals surface area contributed by atoms with E-state index in [1.807, 2.05) is 0 Å². The van der Waals surface area contributed by atoms with E-state index in [0.717, 1.165) is 0 Å². The normalized spacial score (nSPS) is 10.3. The third-order valence-electron chi connectivity index (χ3n) is 2.34. The highest BCUT2D eigenvalue weighted by molar-refractivity contribution is 5.94. The van der Waals surface area contributed by atoms with Gasteiger partial charge in [-0.25, -0.2) is 9.37 Å². The van der Waals surface area contributed by atoms with E-state index in [4.69, 9.17) is 10.5 Å². The van der Waals surface area contributed by atoms with E-state index in [9.17, 15) is 9.18 Å². The third-order valence-corrected chi connectivity index (χ3v) is 2.34. The highest BCUT2D eigenvalue weighted by atomic mass is 19.1. The van der Waals surface area contributed by atoms with Gasteiger partial charge >= 0.3 is 0 Å². The topological polar surface area (TPSA) is 68.5 Å². The predicted octanol–water partition coefficient (Wildman–Crippen LogP) is 0.911. The van der Waals surface area contributed by atoms with Crippen molar-refractivity contribution in [1.82, 2.24) is 9.88 Å². The molecule has 5 nitrogen and oxygen atoms in total. The molecule has 0 atom stereocenters. The number of carbonyl (C=O) groups excluding carboxylic acids is 1. The van der Waals surface area contributed by atoms with Crippen LogP contribution in [0.25, 0.3) is 0 Å². The SMILES string of the molecule is COCCCN(C)C(=O)c1ccnc(N)c1F. The van der Waals surface area contributed by atoms with Crippen LogP contribution in [0.1, 0.15) is 16.8 Å². The van der Waals surface area contributed by atoms with Gasteiger partial charge in [0.25, 0.3) is 5.91 Å². The van der Waals surface area contributed by atoms with Gasteiger partial charge in [0.15, 0.2) is 11.6 Å². The summed E-state index contributed by atoms with van der Waals surface area (Å²) in [4.78, 5) is 16.9. The van der Waals surface area contributed by atoms with Gasteiger partial charge in [0.1, 0.15) is 0 Å². The molecular formula is C11H16FN3O2. The summed E-state index contributed by atoms with van der Waals surface area (Å²) in [5.41, 5.74) is 5.25. The number of nitrogens with zero attached hydrogens (tertiary/aromatic N) is 2. The fourth-order valence-electron chi connectivity index (χ4n) is 1.38. The molecule has 1 heterocycles. The Bertz CT molecular complexity index is 398. The molecule has 0 aliphatic carbocycles. The maximum atomic E-state index is 13.5. The first-order valence-electron chi connectivity index (χ1n) is 5.22. The number of methoxy groups -OCH3 is 1. The van der Waals surface area contributed by atoms with Crippen LogP contribution in [0.15, 0.2) is 12.3 Å². The molecule has 6 heteroatoms. The molecule has 0 aliphatic heterocycles. The summed E-state index contributed by atoms with van der Waals surface area (Å²) in [6, 6.07) is 1.32. The number of amides is 1. The number of rotatable bonds is 5. The fourth-order valence-corrected chi connectivity index (χ4v) is 1.38. The highest BCUT2D eigenvalue weighted by Crippen LogP contribution is 2.13. The summed E-state index contributed by atoms with van der Waals surface area (Å²) in [5, 5.41) is 0. The van der Waals surface area contributed by atoms with E-state index in [1.165, 1.54) is 17.2 Å². The lowest BCUT2D eigenvalue weighted by Gasteiger charge is -2.17. The van der Waals surface area contributed by atoms with E-state index in [2.05, 4.69) is 4.98 Å². The van der Waals surface area contributed by atoms with E-state index in [0.29, 0.717) is 19.6 Å². The van der Waals surface area contributed by atoms with Crippen molar-refractivity contribution < 1.29 is 13.9 Å². The van der Waals surface area contributed by atoms with Gasteiger partial charge in [-0.1, -0.05) is 0 Å². The van der Waals surface area contributed by atoms with Crippen molar-refractivity contribution in [3.8, 4) is 0 Å². The Labute approximate surface area is 99.4 Å². The van der Waals surface area contributed by atoms with Crippen molar-refractivity contribution in [2.75, 3.05) is 33.0 Å². The Morgan fingerprint density at radius 2 is 2.35 bits per heavy atom. The second-order valence-corrected chi connectivity index (χ2v) is 3.63. The van der Waals surface area contributed by atoms with Crippen molar-refractivity contribution in [2.45, 2.75) is 6.42 Å². The Balaban J connectivity index is 2.71. The molecule has 0 saturated heterocycles. The number of halogens is 1. The lowest BCUT2D eigenvalue weighted by Crippen LogP contribution is -2.29. The first-order chi connectivity index (χ1) is 8.07. The van der Waals surface area contributed by atoms with Gasteiger partial charge in [0, 0.05) is 33.5 Å². The molecule has 94 valence electrons. The molecule has 2 N–H and O–H groups in total. The van der Waals surface area contributed by atoms with Gasteiger partial charge in [-0.2, -0.15) is 0 Å². The summed E-state index contributed by atoms with van der Waals surface area (Å²) in [6.07, 6.45) is 2.01. The van der Waals surface area contributed by atoms with Crippen LogP contribution in [0.3, 0.4) is 0 Å². The minimum absolute atomic E-state index is 0.0579. The van der Waals surface area contributed by atoms with Crippen LogP contribution in [0.2, 0.25) is 0 Å². The molecule has 0 saturated carbocycles. The number of pyridine rings is 1. The number of aromatic nitrogens is 1. The third kappa shape index (κ3) is 3.39. The molecule has 1 aromatic rings. The van der Waals surface area contributed by atoms with Gasteiger partial charge < -0.3 is 15.4 Å². The molecule has 1 rings (SSSR count). The van der Waals surface area contributed by atoms with Gasteiger partial charge in [0.2, 0.25) is 0 Å². The number of hydrogen-bond acceptors (Lipinski definition) is 4. The van der Waals surface area contributed by atoms with Gasteiger partial charge in [-0.05, 0) is 12.5 Å². The number of nitrogen functional groups attached to an aromatic ring is 1. The lowest BCUT2D eigenvalue weighted by atomic mass is 10.2. The molecule has 1 aromatic heterocycles. The summed E-state index contributed by atoms with van der Waals surface area (Å²) in [6.45, 7) is 1.05. The number of carbonyl (C=O) groups is 1. The maximum Gasteiger partial charge on any atom is 0.256 e. The quantitative estimate of drug-likeness (QED) is 0.778. The molecule has 0 aliphatic rings. The van der Waals surface area contributed by atoms with Crippen LogP contribution < -0.4 is 5.73 Å². The Morgan fingerprint density at radius 1 is 1.65 bits per heavy atom. The average molecular weight is 241 g/mol. The molecule has 0 spiro atoms. The lowest BCUT2D eigenvalue weighted by molar-refractivity contribution is 0.0774. The number of anilines is 1. The van der Waals surface area contributed by atoms with Crippen LogP contribution in [-0.4, -0.2) is 43.1 Å². The molecule has 0 fully saturated rings. The zero-order valence-electron chi connectivity index (χ0n) is 9.94. The second kappa shape index (κ2) is 6.15. The maximum absolute atomic E-state index is 13.5. The van der Waals surface area contributed by atoms with Crippen LogP contribution in [0, 0.1) is 5.82 Å². The first kappa shape index (κ1) is 13.4. The Morgan fingerprint density at radius 3 is 3.00 bits per heavy atom. The molecule has 0 aromatic carbocycles. The largest absolute Gasteiger partial charge is 0.385 e. The van der Waals surface area contributed by atoms with E-state index in [-0.39, 0.29) is 11.4 Å². The van der Waals surface area contributed by atoms with E-state index in [1.54, 1.807) is 14.2 Å². The van der Waals surface area contributed by atoms with Crippen molar-refractivity contribution in [2.24, 2.45) is 0 Å². The van der Waals surface area contributed by atoms with Gasteiger partial charge in [-0.15, -0.1) is 0 Å². The summed E-state index contributed by atoms with van der Waals surface area (Å²) in [5.74, 6) is -1.44. The smallest absolute Gasteiger partial charge is 0.256 e. The first-order valence-corrected chi connectivity index (χ1v) is 5.22.